The third-order valence-corrected chi connectivity index (χ3v) is 5.42. The van der Waals surface area contributed by atoms with Crippen LogP contribution in [0.2, 0.25) is 0 Å². The molecule has 2 aromatic carbocycles. The monoisotopic (exact) mass is 333 g/mol. The fraction of sp³-hybridized carbons (Fsp3) is 0.364. The number of H-pyrrole nitrogens is 1. The molecule has 0 saturated carbocycles. The predicted molar refractivity (Wildman–Crippen MR) is 106 cm³/mol. The fourth-order valence-corrected chi connectivity index (χ4v) is 4.00. The molecule has 25 heavy (non-hydrogen) atoms. The molecule has 2 heterocycles. The number of nitrogens with zero attached hydrogens (tertiary/aromatic N) is 2. The molecular weight excluding hydrogens is 306 g/mol. The Morgan fingerprint density at radius 3 is 2.40 bits per heavy atom. The highest BCUT2D eigenvalue weighted by atomic mass is 15.3. The van der Waals surface area contributed by atoms with E-state index in [0.29, 0.717) is 0 Å². The highest BCUT2D eigenvalue weighted by molar-refractivity contribution is 5.84. The Bertz CT molecular complexity index is 814. The van der Waals surface area contributed by atoms with E-state index in [1.54, 1.807) is 0 Å². The summed E-state index contributed by atoms with van der Waals surface area (Å²) in [6.45, 7) is 8.01. The van der Waals surface area contributed by atoms with Gasteiger partial charge in [0.05, 0.1) is 0 Å². The van der Waals surface area contributed by atoms with E-state index >= 15 is 0 Å². The first kappa shape index (κ1) is 16.2. The number of aryl methyl sites for hydroxylation is 2. The maximum atomic E-state index is 3.52. The molecule has 0 amide bonds. The average Bonchev–Trinajstić information content (AvgIpc) is 2.99. The lowest BCUT2D eigenvalue weighted by Crippen LogP contribution is -2.46. The molecule has 1 aliphatic rings. The van der Waals surface area contributed by atoms with E-state index in [1.165, 1.54) is 53.9 Å². The minimum absolute atomic E-state index is 1.14. The number of aromatic nitrogens is 1. The van der Waals surface area contributed by atoms with E-state index in [-0.39, 0.29) is 0 Å². The number of benzene rings is 2. The minimum atomic E-state index is 1.14. The van der Waals surface area contributed by atoms with Gasteiger partial charge in [-0.05, 0) is 50.1 Å². The van der Waals surface area contributed by atoms with Crippen molar-refractivity contribution in [3.8, 4) is 0 Å². The van der Waals surface area contributed by atoms with Crippen molar-refractivity contribution in [3.63, 3.8) is 0 Å². The van der Waals surface area contributed by atoms with Crippen LogP contribution in [0, 0.1) is 6.92 Å². The van der Waals surface area contributed by atoms with Crippen molar-refractivity contribution in [1.82, 2.24) is 9.88 Å². The molecule has 1 saturated heterocycles. The molecule has 0 aliphatic carbocycles. The summed E-state index contributed by atoms with van der Waals surface area (Å²) in [6, 6.07) is 19.4. The molecule has 1 fully saturated rings. The lowest BCUT2D eigenvalue weighted by molar-refractivity contribution is 0.255. The number of hydrogen-bond donors (Lipinski definition) is 1. The molecule has 3 aromatic rings. The molecule has 0 atom stereocenters. The Hall–Kier alpha value is -2.26. The van der Waals surface area contributed by atoms with Crippen LogP contribution < -0.4 is 4.90 Å². The van der Waals surface area contributed by atoms with Gasteiger partial charge in [-0.2, -0.15) is 0 Å². The van der Waals surface area contributed by atoms with E-state index in [9.17, 15) is 0 Å². The lowest BCUT2D eigenvalue weighted by Gasteiger charge is -2.36. The number of fused-ring (bicyclic) bond motifs is 1. The summed E-state index contributed by atoms with van der Waals surface area (Å²) in [5.41, 5.74) is 5.46. The third-order valence-electron chi connectivity index (χ3n) is 5.42. The van der Waals surface area contributed by atoms with Gasteiger partial charge in [-0.3, -0.25) is 4.90 Å². The molecule has 130 valence electrons. The quantitative estimate of drug-likeness (QED) is 0.755. The van der Waals surface area contributed by atoms with Crippen molar-refractivity contribution in [2.45, 2.75) is 19.8 Å². The van der Waals surface area contributed by atoms with Crippen molar-refractivity contribution in [3.05, 3.63) is 65.9 Å². The fourth-order valence-electron chi connectivity index (χ4n) is 4.00. The first-order valence-corrected chi connectivity index (χ1v) is 9.40. The molecule has 1 N–H and O–H groups in total. The van der Waals surface area contributed by atoms with Crippen LogP contribution >= 0.6 is 0 Å². The molecule has 1 aromatic heterocycles. The standard InChI is InChI=1S/C22H27N3/c1-18-20(21-10-5-6-12-22(21)23-18)11-7-13-24-14-16-25(17-15-24)19-8-3-2-4-9-19/h2-6,8-10,12,23H,7,11,13-17H2,1H3. The van der Waals surface area contributed by atoms with Gasteiger partial charge in [-0.15, -0.1) is 0 Å². The molecule has 0 bridgehead atoms. The molecule has 0 radical (unpaired) electrons. The lowest BCUT2D eigenvalue weighted by atomic mass is 10.1. The van der Waals surface area contributed by atoms with Crippen molar-refractivity contribution in [2.75, 3.05) is 37.6 Å². The van der Waals surface area contributed by atoms with Gasteiger partial charge >= 0.3 is 0 Å². The zero-order chi connectivity index (χ0) is 17.1. The van der Waals surface area contributed by atoms with Crippen molar-refractivity contribution in [2.24, 2.45) is 0 Å². The first-order chi connectivity index (χ1) is 12.3. The van der Waals surface area contributed by atoms with Crippen LogP contribution in [0.3, 0.4) is 0 Å². The zero-order valence-electron chi connectivity index (χ0n) is 15.0. The number of hydrogen-bond acceptors (Lipinski definition) is 2. The van der Waals surface area contributed by atoms with Crippen LogP contribution in [0.5, 0.6) is 0 Å². The smallest absolute Gasteiger partial charge is 0.0458 e. The highest BCUT2D eigenvalue weighted by Crippen LogP contribution is 2.23. The van der Waals surface area contributed by atoms with Crippen LogP contribution in [0.15, 0.2) is 54.6 Å². The van der Waals surface area contributed by atoms with Gasteiger partial charge in [-0.25, -0.2) is 0 Å². The largest absolute Gasteiger partial charge is 0.369 e. The van der Waals surface area contributed by atoms with Crippen LogP contribution in [0.25, 0.3) is 10.9 Å². The number of para-hydroxylation sites is 2. The molecule has 0 unspecified atom stereocenters. The molecule has 0 spiro atoms. The summed E-state index contributed by atoms with van der Waals surface area (Å²) in [7, 11) is 0. The van der Waals surface area contributed by atoms with E-state index in [1.807, 2.05) is 0 Å². The highest BCUT2D eigenvalue weighted by Gasteiger charge is 2.17. The Kier molecular flexibility index (Phi) is 4.75. The minimum Gasteiger partial charge on any atom is -0.369 e. The van der Waals surface area contributed by atoms with Gasteiger partial charge in [0, 0.05) is 48.5 Å². The topological polar surface area (TPSA) is 22.3 Å². The van der Waals surface area contributed by atoms with Gasteiger partial charge in [0.25, 0.3) is 0 Å². The number of nitrogens with one attached hydrogen (secondary N) is 1. The number of rotatable bonds is 5. The predicted octanol–water partition coefficient (Wildman–Crippen LogP) is 4.23. The van der Waals surface area contributed by atoms with Gasteiger partial charge in [0.2, 0.25) is 0 Å². The van der Waals surface area contributed by atoms with E-state index in [0.717, 1.165) is 19.5 Å². The molecule has 4 rings (SSSR count). The Labute approximate surface area is 150 Å². The summed E-state index contributed by atoms with van der Waals surface area (Å²) in [4.78, 5) is 8.63. The second-order valence-corrected chi connectivity index (χ2v) is 7.04. The van der Waals surface area contributed by atoms with E-state index in [4.69, 9.17) is 0 Å². The Balaban J connectivity index is 1.29. The summed E-state index contributed by atoms with van der Waals surface area (Å²) in [5, 5.41) is 1.40. The third kappa shape index (κ3) is 3.57. The maximum absolute atomic E-state index is 3.52. The average molecular weight is 333 g/mol. The Morgan fingerprint density at radius 1 is 0.880 bits per heavy atom. The second-order valence-electron chi connectivity index (χ2n) is 7.04. The van der Waals surface area contributed by atoms with Crippen molar-refractivity contribution in [1.29, 1.82) is 0 Å². The molecule has 3 heteroatoms. The normalized spacial score (nSPS) is 15.8. The number of anilines is 1. The van der Waals surface area contributed by atoms with Gasteiger partial charge in [0.15, 0.2) is 0 Å². The molecule has 1 aliphatic heterocycles. The van der Waals surface area contributed by atoms with E-state index < -0.39 is 0 Å². The van der Waals surface area contributed by atoms with Gasteiger partial charge < -0.3 is 9.88 Å². The van der Waals surface area contributed by atoms with Crippen LogP contribution in [0.1, 0.15) is 17.7 Å². The van der Waals surface area contributed by atoms with Crippen molar-refractivity contribution < 1.29 is 0 Å². The van der Waals surface area contributed by atoms with E-state index in [2.05, 4.69) is 76.3 Å². The molecule has 3 nitrogen and oxygen atoms in total. The zero-order valence-corrected chi connectivity index (χ0v) is 15.0. The number of aromatic amines is 1. The summed E-state index contributed by atoms with van der Waals surface area (Å²) < 4.78 is 0. The Morgan fingerprint density at radius 2 is 1.60 bits per heavy atom. The summed E-state index contributed by atoms with van der Waals surface area (Å²) in [5.74, 6) is 0. The second kappa shape index (κ2) is 7.32. The summed E-state index contributed by atoms with van der Waals surface area (Å²) >= 11 is 0. The summed E-state index contributed by atoms with van der Waals surface area (Å²) in [6.07, 6.45) is 2.39. The van der Waals surface area contributed by atoms with Crippen molar-refractivity contribution >= 4 is 16.6 Å². The molecular formula is C22H27N3. The van der Waals surface area contributed by atoms with Gasteiger partial charge in [-0.1, -0.05) is 36.4 Å². The van der Waals surface area contributed by atoms with Crippen LogP contribution in [-0.4, -0.2) is 42.6 Å². The maximum Gasteiger partial charge on any atom is 0.0458 e. The van der Waals surface area contributed by atoms with Gasteiger partial charge in [0.1, 0.15) is 0 Å². The SMILES string of the molecule is Cc1[nH]c2ccccc2c1CCCN1CCN(c2ccccc2)CC1. The number of piperazine rings is 1. The van der Waals surface area contributed by atoms with Crippen LogP contribution in [-0.2, 0) is 6.42 Å². The van der Waals surface area contributed by atoms with Crippen LogP contribution in [0.4, 0.5) is 5.69 Å². The first-order valence-electron chi connectivity index (χ1n) is 9.40.